The summed E-state index contributed by atoms with van der Waals surface area (Å²) in [7, 11) is 1.65. The Balaban J connectivity index is 0.00000192. The third kappa shape index (κ3) is 4.08. The molecule has 0 aliphatic carbocycles. The maximum absolute atomic E-state index is 11.9. The summed E-state index contributed by atoms with van der Waals surface area (Å²) in [5, 5.41) is 8.72. The van der Waals surface area contributed by atoms with Gasteiger partial charge in [0.1, 0.15) is 11.6 Å². The Morgan fingerprint density at radius 2 is 2.04 bits per heavy atom. The number of rotatable bonds is 6. The van der Waals surface area contributed by atoms with Crippen molar-refractivity contribution in [3.05, 3.63) is 68.5 Å². The van der Waals surface area contributed by atoms with Crippen LogP contribution < -0.4 is 10.4 Å². The van der Waals surface area contributed by atoms with Crippen molar-refractivity contribution in [2.24, 2.45) is 0 Å². The molecule has 0 unspecified atom stereocenters. The van der Waals surface area contributed by atoms with E-state index in [1.165, 1.54) is 4.88 Å². The minimum absolute atomic E-state index is 0. The van der Waals surface area contributed by atoms with E-state index in [1.54, 1.807) is 23.0 Å². The van der Waals surface area contributed by atoms with Gasteiger partial charge in [0, 0.05) is 17.8 Å². The molecular weight excluding hydrogens is 314 g/mol. The summed E-state index contributed by atoms with van der Waals surface area (Å²) >= 11 is 1.67. The topological polar surface area (TPSA) is 91.4 Å². The number of methoxy groups -OCH3 is 1. The van der Waals surface area contributed by atoms with Gasteiger partial charge in [0.05, 0.1) is 7.11 Å². The molecule has 6 nitrogen and oxygen atoms in total. The monoisotopic (exact) mass is 333 g/mol. The van der Waals surface area contributed by atoms with Crippen LogP contribution in [-0.2, 0) is 19.4 Å². The molecule has 0 radical (unpaired) electrons. The summed E-state index contributed by atoms with van der Waals surface area (Å²) < 4.78 is 6.86. The molecule has 3 rings (SSSR count). The SMILES string of the molecule is COc1ccc(CCn2c(Cc3cccs3)n[nH]c2=O)cc1.O. The van der Waals surface area contributed by atoms with Crippen LogP contribution in [0.1, 0.15) is 16.3 Å². The highest BCUT2D eigenvalue weighted by Gasteiger charge is 2.09. The molecule has 0 saturated carbocycles. The summed E-state index contributed by atoms with van der Waals surface area (Å²) in [5.74, 6) is 1.61. The molecule has 0 aliphatic rings. The lowest BCUT2D eigenvalue weighted by Crippen LogP contribution is -2.20. The van der Waals surface area contributed by atoms with E-state index in [-0.39, 0.29) is 11.2 Å². The number of benzene rings is 1. The molecule has 0 atom stereocenters. The zero-order valence-corrected chi connectivity index (χ0v) is 13.6. The number of hydrogen-bond acceptors (Lipinski definition) is 4. The molecule has 3 aromatic rings. The molecule has 0 amide bonds. The van der Waals surface area contributed by atoms with Crippen LogP contribution in [0.4, 0.5) is 0 Å². The first kappa shape index (κ1) is 17.0. The summed E-state index contributed by atoms with van der Waals surface area (Å²) in [6, 6.07) is 12.0. The second-order valence-electron chi connectivity index (χ2n) is 4.95. The van der Waals surface area contributed by atoms with Crippen LogP contribution in [-0.4, -0.2) is 27.4 Å². The van der Waals surface area contributed by atoms with E-state index < -0.39 is 0 Å². The normalized spacial score (nSPS) is 10.3. The average Bonchev–Trinajstić information content (AvgIpc) is 3.17. The molecular formula is C16H19N3O3S. The predicted octanol–water partition coefficient (Wildman–Crippen LogP) is 1.65. The van der Waals surface area contributed by atoms with Crippen LogP contribution in [0.25, 0.3) is 0 Å². The Hall–Kier alpha value is -2.38. The van der Waals surface area contributed by atoms with Gasteiger partial charge in [0.2, 0.25) is 0 Å². The average molecular weight is 333 g/mol. The van der Waals surface area contributed by atoms with Crippen LogP contribution in [0, 0.1) is 0 Å². The summed E-state index contributed by atoms with van der Waals surface area (Å²) in [6.45, 7) is 0.613. The van der Waals surface area contributed by atoms with Gasteiger partial charge in [-0.1, -0.05) is 18.2 Å². The maximum Gasteiger partial charge on any atom is 0.343 e. The fraction of sp³-hybridized carbons (Fsp3) is 0.250. The van der Waals surface area contributed by atoms with Crippen LogP contribution in [0.15, 0.2) is 46.6 Å². The van der Waals surface area contributed by atoms with Crippen molar-refractivity contribution in [1.29, 1.82) is 0 Å². The van der Waals surface area contributed by atoms with Gasteiger partial charge >= 0.3 is 5.69 Å². The largest absolute Gasteiger partial charge is 0.497 e. The molecule has 0 saturated heterocycles. The Bertz CT molecular complexity index is 776. The maximum atomic E-state index is 11.9. The lowest BCUT2D eigenvalue weighted by Gasteiger charge is -2.06. The minimum Gasteiger partial charge on any atom is -0.497 e. The molecule has 0 fully saturated rings. The predicted molar refractivity (Wildman–Crippen MR) is 90.3 cm³/mol. The summed E-state index contributed by atoms with van der Waals surface area (Å²) in [6.07, 6.45) is 1.46. The smallest absolute Gasteiger partial charge is 0.343 e. The van der Waals surface area contributed by atoms with Gasteiger partial charge in [0.15, 0.2) is 0 Å². The Labute approximate surface area is 137 Å². The number of thiophene rings is 1. The zero-order valence-electron chi connectivity index (χ0n) is 12.8. The van der Waals surface area contributed by atoms with Crippen LogP contribution >= 0.6 is 11.3 Å². The van der Waals surface area contributed by atoms with E-state index in [0.717, 1.165) is 23.6 Å². The molecule has 3 N–H and O–H groups in total. The van der Waals surface area contributed by atoms with E-state index in [9.17, 15) is 4.79 Å². The van der Waals surface area contributed by atoms with Crippen molar-refractivity contribution in [1.82, 2.24) is 14.8 Å². The van der Waals surface area contributed by atoms with Crippen LogP contribution in [0.2, 0.25) is 0 Å². The molecule has 23 heavy (non-hydrogen) atoms. The molecule has 0 spiro atoms. The first-order valence-electron chi connectivity index (χ1n) is 7.05. The first-order valence-corrected chi connectivity index (χ1v) is 7.93. The third-order valence-corrected chi connectivity index (χ3v) is 4.41. The van der Waals surface area contributed by atoms with Gasteiger partial charge in [-0.3, -0.25) is 4.57 Å². The lowest BCUT2D eigenvalue weighted by atomic mass is 10.1. The highest BCUT2D eigenvalue weighted by molar-refractivity contribution is 7.09. The number of H-pyrrole nitrogens is 1. The number of nitrogens with one attached hydrogen (secondary N) is 1. The van der Waals surface area contributed by atoms with Crippen LogP contribution in [0.5, 0.6) is 5.75 Å². The van der Waals surface area contributed by atoms with E-state index >= 15 is 0 Å². The van der Waals surface area contributed by atoms with Crippen molar-refractivity contribution in [2.75, 3.05) is 7.11 Å². The second kappa shape index (κ2) is 7.75. The number of aromatic amines is 1. The van der Waals surface area contributed by atoms with Crippen molar-refractivity contribution in [2.45, 2.75) is 19.4 Å². The number of aromatic nitrogens is 3. The molecule has 1 aromatic carbocycles. The Morgan fingerprint density at radius 1 is 1.26 bits per heavy atom. The van der Waals surface area contributed by atoms with Gasteiger partial charge in [0.25, 0.3) is 0 Å². The number of aryl methyl sites for hydroxylation is 1. The van der Waals surface area contributed by atoms with Gasteiger partial charge in [-0.25, -0.2) is 9.89 Å². The van der Waals surface area contributed by atoms with E-state index in [2.05, 4.69) is 16.3 Å². The quantitative estimate of drug-likeness (QED) is 0.743. The Kier molecular flexibility index (Phi) is 5.72. The molecule has 122 valence electrons. The van der Waals surface area contributed by atoms with Crippen molar-refractivity contribution >= 4 is 11.3 Å². The van der Waals surface area contributed by atoms with Crippen molar-refractivity contribution in [3.63, 3.8) is 0 Å². The molecule has 2 aromatic heterocycles. The van der Waals surface area contributed by atoms with E-state index in [1.807, 2.05) is 35.7 Å². The molecule has 0 aliphatic heterocycles. The van der Waals surface area contributed by atoms with E-state index in [4.69, 9.17) is 4.74 Å². The Morgan fingerprint density at radius 3 is 2.70 bits per heavy atom. The second-order valence-corrected chi connectivity index (χ2v) is 5.98. The highest BCUT2D eigenvalue weighted by atomic mass is 32.1. The van der Waals surface area contributed by atoms with E-state index in [0.29, 0.717) is 13.0 Å². The minimum atomic E-state index is -0.153. The van der Waals surface area contributed by atoms with Crippen LogP contribution in [0.3, 0.4) is 0 Å². The van der Waals surface area contributed by atoms with Gasteiger partial charge in [-0.05, 0) is 35.6 Å². The fourth-order valence-electron chi connectivity index (χ4n) is 2.32. The standard InChI is InChI=1S/C16H17N3O2S.H2O/c1-21-13-6-4-12(5-7-13)8-9-19-15(17-18-16(19)20)11-14-3-2-10-22-14;/h2-7,10H,8-9,11H2,1H3,(H,18,20);1H2. The van der Waals surface area contributed by atoms with Gasteiger partial charge in [-0.15, -0.1) is 11.3 Å². The number of hydrogen-bond donors (Lipinski definition) is 1. The fourth-order valence-corrected chi connectivity index (χ4v) is 3.02. The van der Waals surface area contributed by atoms with Gasteiger partial charge in [-0.2, -0.15) is 5.10 Å². The first-order chi connectivity index (χ1) is 10.8. The highest BCUT2D eigenvalue weighted by Crippen LogP contribution is 2.14. The summed E-state index contributed by atoms with van der Waals surface area (Å²) in [5.41, 5.74) is 1.01. The molecule has 2 heterocycles. The third-order valence-electron chi connectivity index (χ3n) is 3.53. The van der Waals surface area contributed by atoms with Gasteiger partial charge < -0.3 is 10.2 Å². The molecule has 0 bridgehead atoms. The van der Waals surface area contributed by atoms with Crippen molar-refractivity contribution < 1.29 is 10.2 Å². The number of nitrogens with zero attached hydrogens (tertiary/aromatic N) is 2. The number of ether oxygens (including phenoxy) is 1. The molecule has 7 heteroatoms. The summed E-state index contributed by atoms with van der Waals surface area (Å²) in [4.78, 5) is 13.1. The zero-order chi connectivity index (χ0) is 15.4. The lowest BCUT2D eigenvalue weighted by molar-refractivity contribution is 0.414. The van der Waals surface area contributed by atoms with Crippen molar-refractivity contribution in [3.8, 4) is 5.75 Å².